The van der Waals surface area contributed by atoms with Crippen LogP contribution in [0, 0.1) is 17.0 Å². The highest BCUT2D eigenvalue weighted by molar-refractivity contribution is 5.80. The Morgan fingerprint density at radius 1 is 1.21 bits per heavy atom. The molecule has 0 spiro atoms. The van der Waals surface area contributed by atoms with Crippen LogP contribution in [0.25, 0.3) is 0 Å². The van der Waals surface area contributed by atoms with E-state index in [1.54, 1.807) is 18.2 Å². The van der Waals surface area contributed by atoms with Gasteiger partial charge in [-0.3, -0.25) is 14.9 Å². The van der Waals surface area contributed by atoms with E-state index in [1.807, 2.05) is 38.1 Å². The van der Waals surface area contributed by atoms with E-state index in [1.165, 1.54) is 6.07 Å². The number of benzene rings is 2. The Bertz CT molecular complexity index is 713. The minimum atomic E-state index is -0.480. The number of hydrogen-bond acceptors (Lipinski definition) is 4. The fraction of sp³-hybridized carbons (Fsp3) is 0.278. The highest BCUT2D eigenvalue weighted by Gasteiger charge is 2.16. The molecule has 6 heteroatoms. The minimum absolute atomic E-state index is 0.0357. The Kier molecular flexibility index (Phi) is 5.89. The average molecular weight is 328 g/mol. The van der Waals surface area contributed by atoms with Crippen molar-refractivity contribution in [2.75, 3.05) is 6.61 Å². The molecule has 1 amide bonds. The summed E-state index contributed by atoms with van der Waals surface area (Å²) >= 11 is 0. The molecular weight excluding hydrogens is 308 g/mol. The first kappa shape index (κ1) is 17.5. The van der Waals surface area contributed by atoms with Crippen LogP contribution in [0.15, 0.2) is 48.5 Å². The number of nitrogens with one attached hydrogen (secondary N) is 1. The van der Waals surface area contributed by atoms with Gasteiger partial charge in [-0.05, 0) is 26.0 Å². The maximum atomic E-state index is 12.1. The SMILES string of the molecule is Cc1ccc(OC[C@@H](C)NC(=O)Cc2ccccc2[N+](=O)[O-])cc1. The molecule has 0 fully saturated rings. The molecule has 0 aromatic heterocycles. The van der Waals surface area contributed by atoms with Crippen LogP contribution in [0.2, 0.25) is 0 Å². The normalized spacial score (nSPS) is 11.6. The molecule has 1 atom stereocenters. The number of hydrogen-bond donors (Lipinski definition) is 1. The predicted molar refractivity (Wildman–Crippen MR) is 91.1 cm³/mol. The van der Waals surface area contributed by atoms with E-state index >= 15 is 0 Å². The fourth-order valence-electron chi connectivity index (χ4n) is 2.23. The Labute approximate surface area is 140 Å². The zero-order valence-electron chi connectivity index (χ0n) is 13.7. The summed E-state index contributed by atoms with van der Waals surface area (Å²) in [7, 11) is 0. The molecule has 2 rings (SSSR count). The molecule has 2 aromatic carbocycles. The van der Waals surface area contributed by atoms with Crippen molar-refractivity contribution in [1.82, 2.24) is 5.32 Å². The van der Waals surface area contributed by atoms with Crippen LogP contribution in [0.4, 0.5) is 5.69 Å². The zero-order valence-corrected chi connectivity index (χ0v) is 13.7. The Hall–Kier alpha value is -2.89. The smallest absolute Gasteiger partial charge is 0.273 e. The van der Waals surface area contributed by atoms with Crippen molar-refractivity contribution >= 4 is 11.6 Å². The molecule has 2 aromatic rings. The second-order valence-electron chi connectivity index (χ2n) is 5.66. The third kappa shape index (κ3) is 5.08. The van der Waals surface area contributed by atoms with Gasteiger partial charge in [-0.1, -0.05) is 35.9 Å². The second kappa shape index (κ2) is 8.10. The zero-order chi connectivity index (χ0) is 17.5. The van der Waals surface area contributed by atoms with Crippen molar-refractivity contribution in [1.29, 1.82) is 0 Å². The molecule has 0 saturated carbocycles. The number of carbonyl (C=O) groups excluding carboxylic acids is 1. The first-order valence-corrected chi connectivity index (χ1v) is 7.67. The molecule has 0 aliphatic carbocycles. The Balaban J connectivity index is 1.85. The number of carbonyl (C=O) groups is 1. The summed E-state index contributed by atoms with van der Waals surface area (Å²) in [6, 6.07) is 13.7. The van der Waals surface area contributed by atoms with E-state index in [0.29, 0.717) is 12.2 Å². The molecule has 6 nitrogen and oxygen atoms in total. The van der Waals surface area contributed by atoms with Crippen molar-refractivity contribution in [2.45, 2.75) is 26.3 Å². The maximum Gasteiger partial charge on any atom is 0.273 e. The van der Waals surface area contributed by atoms with Gasteiger partial charge in [0.1, 0.15) is 12.4 Å². The van der Waals surface area contributed by atoms with E-state index in [0.717, 1.165) is 11.3 Å². The van der Waals surface area contributed by atoms with E-state index in [-0.39, 0.29) is 24.1 Å². The molecule has 0 heterocycles. The molecule has 0 unspecified atom stereocenters. The van der Waals surface area contributed by atoms with Gasteiger partial charge < -0.3 is 10.1 Å². The van der Waals surface area contributed by atoms with Crippen LogP contribution in [0.3, 0.4) is 0 Å². The van der Waals surface area contributed by atoms with Crippen LogP contribution < -0.4 is 10.1 Å². The summed E-state index contributed by atoms with van der Waals surface area (Å²) in [4.78, 5) is 22.5. The number of aryl methyl sites for hydroxylation is 1. The third-order valence-electron chi connectivity index (χ3n) is 3.47. The quantitative estimate of drug-likeness (QED) is 0.625. The van der Waals surface area contributed by atoms with E-state index in [9.17, 15) is 14.9 Å². The van der Waals surface area contributed by atoms with Crippen LogP contribution in [0.5, 0.6) is 5.75 Å². The van der Waals surface area contributed by atoms with Crippen molar-refractivity contribution in [3.8, 4) is 5.75 Å². The summed E-state index contributed by atoms with van der Waals surface area (Å²) in [5.74, 6) is 0.463. The number of nitro benzene ring substituents is 1. The van der Waals surface area contributed by atoms with Gasteiger partial charge in [0.2, 0.25) is 5.91 Å². The molecule has 1 N–H and O–H groups in total. The van der Waals surface area contributed by atoms with Crippen LogP contribution in [0.1, 0.15) is 18.1 Å². The fourth-order valence-corrected chi connectivity index (χ4v) is 2.23. The monoisotopic (exact) mass is 328 g/mol. The standard InChI is InChI=1S/C18H20N2O4/c1-13-7-9-16(10-8-13)24-12-14(2)19-18(21)11-15-5-3-4-6-17(15)20(22)23/h3-10,14H,11-12H2,1-2H3,(H,19,21)/t14-/m1/s1. The Morgan fingerprint density at radius 3 is 2.54 bits per heavy atom. The maximum absolute atomic E-state index is 12.1. The van der Waals surface area contributed by atoms with Crippen molar-refractivity contribution < 1.29 is 14.5 Å². The lowest BCUT2D eigenvalue weighted by Crippen LogP contribution is -2.37. The second-order valence-corrected chi connectivity index (χ2v) is 5.66. The van der Waals surface area contributed by atoms with Gasteiger partial charge in [0.15, 0.2) is 0 Å². The summed E-state index contributed by atoms with van der Waals surface area (Å²) < 4.78 is 5.61. The van der Waals surface area contributed by atoms with Crippen LogP contribution in [-0.4, -0.2) is 23.5 Å². The third-order valence-corrected chi connectivity index (χ3v) is 3.47. The molecule has 0 aliphatic rings. The van der Waals surface area contributed by atoms with Gasteiger partial charge in [-0.2, -0.15) is 0 Å². The molecule has 24 heavy (non-hydrogen) atoms. The number of ether oxygens (including phenoxy) is 1. The summed E-state index contributed by atoms with van der Waals surface area (Å²) in [5, 5.41) is 13.8. The number of amides is 1. The lowest BCUT2D eigenvalue weighted by molar-refractivity contribution is -0.385. The number of rotatable bonds is 7. The molecule has 0 aliphatic heterocycles. The van der Waals surface area contributed by atoms with E-state index in [2.05, 4.69) is 5.32 Å². The van der Waals surface area contributed by atoms with E-state index in [4.69, 9.17) is 4.74 Å². The van der Waals surface area contributed by atoms with E-state index < -0.39 is 4.92 Å². The topological polar surface area (TPSA) is 81.5 Å². The van der Waals surface area contributed by atoms with Gasteiger partial charge in [0, 0.05) is 11.6 Å². The van der Waals surface area contributed by atoms with Crippen LogP contribution in [-0.2, 0) is 11.2 Å². The summed E-state index contributed by atoms with van der Waals surface area (Å²) in [6.45, 7) is 4.15. The highest BCUT2D eigenvalue weighted by Crippen LogP contribution is 2.18. The summed E-state index contributed by atoms with van der Waals surface area (Å²) in [5.41, 5.74) is 1.50. The van der Waals surface area contributed by atoms with Crippen molar-refractivity contribution in [3.63, 3.8) is 0 Å². The van der Waals surface area contributed by atoms with Gasteiger partial charge in [0.25, 0.3) is 5.69 Å². The van der Waals surface area contributed by atoms with Gasteiger partial charge in [0.05, 0.1) is 17.4 Å². The molecule has 126 valence electrons. The number of para-hydroxylation sites is 1. The van der Waals surface area contributed by atoms with Gasteiger partial charge in [-0.15, -0.1) is 0 Å². The molecule has 0 saturated heterocycles. The Morgan fingerprint density at radius 2 is 1.88 bits per heavy atom. The molecule has 0 bridgehead atoms. The predicted octanol–water partition coefficient (Wildman–Crippen LogP) is 3.03. The summed E-state index contributed by atoms with van der Waals surface area (Å²) in [6.07, 6.45) is -0.0357. The lowest BCUT2D eigenvalue weighted by atomic mass is 10.1. The number of nitro groups is 1. The number of nitrogens with zero attached hydrogens (tertiary/aromatic N) is 1. The molecular formula is C18H20N2O4. The van der Waals surface area contributed by atoms with Gasteiger partial charge in [-0.25, -0.2) is 0 Å². The largest absolute Gasteiger partial charge is 0.491 e. The van der Waals surface area contributed by atoms with Crippen LogP contribution >= 0.6 is 0 Å². The van der Waals surface area contributed by atoms with Crippen molar-refractivity contribution in [3.05, 3.63) is 69.8 Å². The average Bonchev–Trinajstić information content (AvgIpc) is 2.54. The lowest BCUT2D eigenvalue weighted by Gasteiger charge is -2.15. The minimum Gasteiger partial charge on any atom is -0.491 e. The first-order valence-electron chi connectivity index (χ1n) is 7.67. The highest BCUT2D eigenvalue weighted by atomic mass is 16.6. The van der Waals surface area contributed by atoms with Gasteiger partial charge >= 0.3 is 0 Å². The van der Waals surface area contributed by atoms with Crippen molar-refractivity contribution in [2.24, 2.45) is 0 Å². The molecule has 0 radical (unpaired) electrons. The first-order chi connectivity index (χ1) is 11.5.